The van der Waals surface area contributed by atoms with Crippen LogP contribution in [-0.2, 0) is 0 Å². The van der Waals surface area contributed by atoms with Gasteiger partial charge in [-0.05, 0) is 54.7 Å². The fourth-order valence-corrected chi connectivity index (χ4v) is 3.20. The number of pyridine rings is 1. The van der Waals surface area contributed by atoms with Crippen molar-refractivity contribution >= 4 is 28.9 Å². The van der Waals surface area contributed by atoms with Crippen LogP contribution < -0.4 is 5.32 Å². The fraction of sp³-hybridized carbons (Fsp3) is 0.143. The molecule has 1 aliphatic rings. The van der Waals surface area contributed by atoms with E-state index >= 15 is 0 Å². The zero-order chi connectivity index (χ0) is 18.1. The highest BCUT2D eigenvalue weighted by Crippen LogP contribution is 2.41. The predicted molar refractivity (Wildman–Crippen MR) is 103 cm³/mol. The second-order valence-corrected chi connectivity index (χ2v) is 6.83. The largest absolute Gasteiger partial charge is 0.478 e. The van der Waals surface area contributed by atoms with E-state index in [0.717, 1.165) is 35.3 Å². The van der Waals surface area contributed by atoms with Gasteiger partial charge in [0.25, 0.3) is 0 Å². The minimum Gasteiger partial charge on any atom is -0.478 e. The van der Waals surface area contributed by atoms with Crippen molar-refractivity contribution < 1.29 is 9.90 Å². The quantitative estimate of drug-likeness (QED) is 0.607. The molecule has 0 atom stereocenters. The third-order valence-corrected chi connectivity index (χ3v) is 4.84. The molecule has 1 heterocycles. The van der Waals surface area contributed by atoms with Crippen LogP contribution in [0.1, 0.15) is 34.7 Å². The smallest absolute Gasteiger partial charge is 0.337 e. The highest BCUT2D eigenvalue weighted by atomic mass is 35.5. The Morgan fingerprint density at radius 2 is 1.92 bits per heavy atom. The number of carboxylic acid groups (broad SMARTS) is 1. The number of aromatic nitrogens is 1. The molecule has 26 heavy (non-hydrogen) atoms. The summed E-state index contributed by atoms with van der Waals surface area (Å²) in [6.07, 6.45) is 3.96. The van der Waals surface area contributed by atoms with E-state index < -0.39 is 5.97 Å². The van der Waals surface area contributed by atoms with Crippen LogP contribution in [0.2, 0.25) is 5.02 Å². The number of carbonyl (C=O) groups is 1. The molecule has 0 bridgehead atoms. The van der Waals surface area contributed by atoms with Crippen molar-refractivity contribution in [1.82, 2.24) is 4.98 Å². The normalized spacial score (nSPS) is 13.4. The zero-order valence-electron chi connectivity index (χ0n) is 13.9. The number of anilines is 2. The predicted octanol–water partition coefficient (Wildman–Crippen LogP) is 5.72. The number of aromatic carboxylic acids is 1. The van der Waals surface area contributed by atoms with Gasteiger partial charge in [0, 0.05) is 10.6 Å². The molecule has 0 aliphatic heterocycles. The van der Waals surface area contributed by atoms with Crippen LogP contribution in [0.3, 0.4) is 0 Å². The van der Waals surface area contributed by atoms with Gasteiger partial charge in [0.2, 0.25) is 0 Å². The minimum atomic E-state index is -0.935. The van der Waals surface area contributed by atoms with Gasteiger partial charge in [-0.25, -0.2) is 4.79 Å². The first-order valence-electron chi connectivity index (χ1n) is 8.47. The van der Waals surface area contributed by atoms with Crippen molar-refractivity contribution in [2.45, 2.75) is 18.8 Å². The molecule has 130 valence electrons. The van der Waals surface area contributed by atoms with E-state index in [-0.39, 0.29) is 5.56 Å². The molecule has 1 aliphatic carbocycles. The average Bonchev–Trinajstić information content (AvgIpc) is 3.48. The van der Waals surface area contributed by atoms with Gasteiger partial charge in [0.15, 0.2) is 0 Å². The third kappa shape index (κ3) is 3.41. The maximum atomic E-state index is 11.6. The molecule has 0 saturated heterocycles. The SMILES string of the molecule is O=C(O)c1cc(C2CC2)ccc1Nc1ccc(-c2ccccc2Cl)nc1. The van der Waals surface area contributed by atoms with Crippen LogP contribution in [-0.4, -0.2) is 16.1 Å². The van der Waals surface area contributed by atoms with E-state index in [0.29, 0.717) is 16.6 Å². The maximum absolute atomic E-state index is 11.6. The Morgan fingerprint density at radius 1 is 1.12 bits per heavy atom. The Bertz CT molecular complexity index is 966. The summed E-state index contributed by atoms with van der Waals surface area (Å²) in [5.74, 6) is -0.422. The van der Waals surface area contributed by atoms with Crippen LogP contribution in [0.4, 0.5) is 11.4 Å². The lowest BCUT2D eigenvalue weighted by Gasteiger charge is -2.12. The standard InChI is InChI=1S/C21H17ClN2O2/c22-18-4-2-1-3-16(18)19-10-8-15(12-23-19)24-20-9-7-14(13-5-6-13)11-17(20)21(25)26/h1-4,7-13,24H,5-6H2,(H,25,26). The number of rotatable bonds is 5. The molecule has 4 rings (SSSR count). The molecule has 0 radical (unpaired) electrons. The molecule has 0 unspecified atom stereocenters. The maximum Gasteiger partial charge on any atom is 0.337 e. The molecular formula is C21H17ClN2O2. The van der Waals surface area contributed by atoms with Crippen LogP contribution in [0.5, 0.6) is 0 Å². The second-order valence-electron chi connectivity index (χ2n) is 6.42. The summed E-state index contributed by atoms with van der Waals surface area (Å²) in [6.45, 7) is 0. The number of nitrogens with one attached hydrogen (secondary N) is 1. The number of halogens is 1. The Balaban J connectivity index is 1.59. The summed E-state index contributed by atoms with van der Waals surface area (Å²) < 4.78 is 0. The summed E-state index contributed by atoms with van der Waals surface area (Å²) in [7, 11) is 0. The number of carboxylic acids is 1. The molecule has 1 saturated carbocycles. The number of benzene rings is 2. The summed E-state index contributed by atoms with van der Waals surface area (Å²) in [5.41, 5.74) is 4.30. The van der Waals surface area contributed by atoms with Crippen molar-refractivity contribution in [3.63, 3.8) is 0 Å². The fourth-order valence-electron chi connectivity index (χ4n) is 2.97. The molecule has 3 aromatic rings. The van der Waals surface area contributed by atoms with E-state index in [1.807, 2.05) is 48.5 Å². The zero-order valence-corrected chi connectivity index (χ0v) is 14.7. The van der Waals surface area contributed by atoms with Crippen LogP contribution >= 0.6 is 11.6 Å². The van der Waals surface area contributed by atoms with Gasteiger partial charge in [-0.15, -0.1) is 0 Å². The van der Waals surface area contributed by atoms with Gasteiger partial charge >= 0.3 is 5.97 Å². The Morgan fingerprint density at radius 3 is 2.58 bits per heavy atom. The first kappa shape index (κ1) is 16.6. The molecule has 0 amide bonds. The molecule has 1 fully saturated rings. The summed E-state index contributed by atoms with van der Waals surface area (Å²) >= 11 is 6.21. The van der Waals surface area contributed by atoms with Gasteiger partial charge in [-0.2, -0.15) is 0 Å². The first-order valence-corrected chi connectivity index (χ1v) is 8.85. The molecule has 0 spiro atoms. The molecule has 1 aromatic heterocycles. The second kappa shape index (κ2) is 6.81. The van der Waals surface area contributed by atoms with Crippen molar-refractivity contribution in [1.29, 1.82) is 0 Å². The molecule has 5 heteroatoms. The lowest BCUT2D eigenvalue weighted by atomic mass is 10.0. The monoisotopic (exact) mass is 364 g/mol. The van der Waals surface area contributed by atoms with Gasteiger partial charge in [0.05, 0.1) is 28.8 Å². The van der Waals surface area contributed by atoms with Crippen LogP contribution in [0.15, 0.2) is 60.8 Å². The van der Waals surface area contributed by atoms with Gasteiger partial charge < -0.3 is 10.4 Å². The number of hydrogen-bond acceptors (Lipinski definition) is 3. The Hall–Kier alpha value is -2.85. The van der Waals surface area contributed by atoms with Crippen molar-refractivity contribution in [3.05, 3.63) is 76.9 Å². The Kier molecular flexibility index (Phi) is 4.35. The van der Waals surface area contributed by atoms with Crippen molar-refractivity contribution in [2.24, 2.45) is 0 Å². The summed E-state index contributed by atoms with van der Waals surface area (Å²) in [6, 6.07) is 16.9. The molecule has 2 N–H and O–H groups in total. The van der Waals surface area contributed by atoms with E-state index in [9.17, 15) is 9.90 Å². The first-order chi connectivity index (χ1) is 12.6. The highest BCUT2D eigenvalue weighted by molar-refractivity contribution is 6.33. The van der Waals surface area contributed by atoms with E-state index in [2.05, 4.69) is 10.3 Å². The highest BCUT2D eigenvalue weighted by Gasteiger charge is 2.25. The lowest BCUT2D eigenvalue weighted by Crippen LogP contribution is -2.04. The molecular weight excluding hydrogens is 348 g/mol. The topological polar surface area (TPSA) is 62.2 Å². The van der Waals surface area contributed by atoms with Gasteiger partial charge in [-0.1, -0.05) is 35.9 Å². The summed E-state index contributed by atoms with van der Waals surface area (Å²) in [4.78, 5) is 16.1. The molecule has 2 aromatic carbocycles. The van der Waals surface area contributed by atoms with Gasteiger partial charge in [0.1, 0.15) is 0 Å². The van der Waals surface area contributed by atoms with Crippen molar-refractivity contribution in [3.8, 4) is 11.3 Å². The van der Waals surface area contributed by atoms with Crippen molar-refractivity contribution in [2.75, 3.05) is 5.32 Å². The Labute approximate surface area is 156 Å². The van der Waals surface area contributed by atoms with Gasteiger partial charge in [-0.3, -0.25) is 4.98 Å². The van der Waals surface area contributed by atoms with Crippen LogP contribution in [0, 0.1) is 0 Å². The molecule has 4 nitrogen and oxygen atoms in total. The van der Waals surface area contributed by atoms with E-state index in [4.69, 9.17) is 11.6 Å². The average molecular weight is 365 g/mol. The number of hydrogen-bond donors (Lipinski definition) is 2. The number of nitrogens with zero attached hydrogens (tertiary/aromatic N) is 1. The minimum absolute atomic E-state index is 0.282. The van der Waals surface area contributed by atoms with E-state index in [1.54, 1.807) is 12.3 Å². The van der Waals surface area contributed by atoms with Crippen LogP contribution in [0.25, 0.3) is 11.3 Å². The summed E-state index contributed by atoms with van der Waals surface area (Å²) in [5, 5.41) is 13.3. The lowest BCUT2D eigenvalue weighted by molar-refractivity contribution is 0.0698. The van der Waals surface area contributed by atoms with E-state index in [1.165, 1.54) is 0 Å². The third-order valence-electron chi connectivity index (χ3n) is 4.52.